The van der Waals surface area contributed by atoms with Crippen molar-refractivity contribution in [3.8, 4) is 0 Å². The summed E-state index contributed by atoms with van der Waals surface area (Å²) in [5.41, 5.74) is -0.483. The minimum atomic E-state index is -0.483. The molecular formula is C6H7Cl5. The van der Waals surface area contributed by atoms with Gasteiger partial charge in [-0.05, 0) is 6.08 Å². The predicted molar refractivity (Wildman–Crippen MR) is 54.4 cm³/mol. The Morgan fingerprint density at radius 2 is 1.36 bits per heavy atom. The maximum absolute atomic E-state index is 5.64. The maximum atomic E-state index is 5.64. The largest absolute Gasteiger partial charge is 0.126 e. The van der Waals surface area contributed by atoms with Crippen molar-refractivity contribution in [2.45, 2.75) is 0 Å². The highest BCUT2D eigenvalue weighted by Crippen LogP contribution is 2.28. The van der Waals surface area contributed by atoms with Crippen LogP contribution in [0.4, 0.5) is 0 Å². The first kappa shape index (κ1) is 12.2. The average Bonchev–Trinajstić information content (AvgIpc) is 2.00. The van der Waals surface area contributed by atoms with Gasteiger partial charge in [-0.1, -0.05) is 23.2 Å². The molecule has 0 saturated carbocycles. The van der Waals surface area contributed by atoms with E-state index in [9.17, 15) is 0 Å². The van der Waals surface area contributed by atoms with Crippen molar-refractivity contribution in [1.29, 1.82) is 0 Å². The van der Waals surface area contributed by atoms with Crippen molar-refractivity contribution >= 4 is 58.0 Å². The number of rotatable bonds is 4. The Bertz CT molecular complexity index is 126. The van der Waals surface area contributed by atoms with Gasteiger partial charge >= 0.3 is 0 Å². The topological polar surface area (TPSA) is 0 Å². The quantitative estimate of drug-likeness (QED) is 0.667. The van der Waals surface area contributed by atoms with Gasteiger partial charge in [-0.2, -0.15) is 0 Å². The third-order valence-corrected chi connectivity index (χ3v) is 3.03. The molecule has 0 fully saturated rings. The van der Waals surface area contributed by atoms with Crippen LogP contribution in [0.5, 0.6) is 0 Å². The van der Waals surface area contributed by atoms with Crippen molar-refractivity contribution in [2.24, 2.45) is 5.41 Å². The van der Waals surface area contributed by atoms with E-state index in [2.05, 4.69) is 0 Å². The van der Waals surface area contributed by atoms with E-state index in [1.807, 2.05) is 0 Å². The van der Waals surface area contributed by atoms with Gasteiger partial charge in [0.05, 0.1) is 0 Å². The van der Waals surface area contributed by atoms with Gasteiger partial charge < -0.3 is 0 Å². The Balaban J connectivity index is 4.42. The summed E-state index contributed by atoms with van der Waals surface area (Å²) in [6.07, 6.45) is 1.57. The molecule has 0 aromatic carbocycles. The number of halogens is 5. The van der Waals surface area contributed by atoms with Crippen LogP contribution in [0, 0.1) is 5.41 Å². The number of hydrogen-bond donors (Lipinski definition) is 0. The van der Waals surface area contributed by atoms with Gasteiger partial charge in [0.15, 0.2) is 0 Å². The minimum absolute atomic E-state index is 0.145. The normalized spacial score (nSPS) is 11.4. The number of hydrogen-bond acceptors (Lipinski definition) is 0. The van der Waals surface area contributed by atoms with Crippen molar-refractivity contribution in [3.63, 3.8) is 0 Å². The molecule has 11 heavy (non-hydrogen) atoms. The van der Waals surface area contributed by atoms with E-state index in [1.54, 1.807) is 6.08 Å². The van der Waals surface area contributed by atoms with Crippen molar-refractivity contribution in [3.05, 3.63) is 10.6 Å². The summed E-state index contributed by atoms with van der Waals surface area (Å²) in [4.78, 5) is 0. The molecule has 0 saturated heterocycles. The van der Waals surface area contributed by atoms with Gasteiger partial charge in [0.25, 0.3) is 0 Å². The Morgan fingerprint density at radius 3 is 1.45 bits per heavy atom. The standard InChI is InChI=1S/C6H7Cl5/c7-2-6(3-8,4-9)1-5(10)11/h1H,2-4H2. The fourth-order valence-electron chi connectivity index (χ4n) is 0.454. The van der Waals surface area contributed by atoms with Crippen LogP contribution in [0.15, 0.2) is 10.6 Å². The molecular weight excluding hydrogens is 249 g/mol. The molecule has 0 spiro atoms. The van der Waals surface area contributed by atoms with Crippen molar-refractivity contribution < 1.29 is 0 Å². The summed E-state index contributed by atoms with van der Waals surface area (Å²) in [5, 5.41) is 0. The molecule has 0 aliphatic rings. The first-order chi connectivity index (χ1) is 5.10. The lowest BCUT2D eigenvalue weighted by molar-refractivity contribution is 0.568. The van der Waals surface area contributed by atoms with Gasteiger partial charge in [0, 0.05) is 23.1 Å². The van der Waals surface area contributed by atoms with Crippen molar-refractivity contribution in [2.75, 3.05) is 17.6 Å². The molecule has 0 aliphatic heterocycles. The van der Waals surface area contributed by atoms with Crippen molar-refractivity contribution in [1.82, 2.24) is 0 Å². The van der Waals surface area contributed by atoms with E-state index in [4.69, 9.17) is 58.0 Å². The molecule has 0 aromatic heterocycles. The smallest absolute Gasteiger partial charge is 0.103 e. The molecule has 0 N–H and O–H groups in total. The SMILES string of the molecule is ClCC(C=C(Cl)Cl)(CCl)CCl. The van der Waals surface area contributed by atoms with E-state index in [-0.39, 0.29) is 4.49 Å². The molecule has 0 nitrogen and oxygen atoms in total. The number of allylic oxidation sites excluding steroid dienone is 1. The monoisotopic (exact) mass is 254 g/mol. The fourth-order valence-corrected chi connectivity index (χ4v) is 2.01. The fraction of sp³-hybridized carbons (Fsp3) is 0.667. The van der Waals surface area contributed by atoms with Crippen LogP contribution in [0.3, 0.4) is 0 Å². The van der Waals surface area contributed by atoms with Crippen LogP contribution in [-0.4, -0.2) is 17.6 Å². The molecule has 0 unspecified atom stereocenters. The zero-order valence-electron chi connectivity index (χ0n) is 5.59. The number of alkyl halides is 3. The second kappa shape index (κ2) is 5.77. The summed E-state index contributed by atoms with van der Waals surface area (Å²) < 4.78 is 0.145. The highest BCUT2D eigenvalue weighted by Gasteiger charge is 2.25. The van der Waals surface area contributed by atoms with Gasteiger partial charge in [-0.25, -0.2) is 0 Å². The third kappa shape index (κ3) is 4.10. The highest BCUT2D eigenvalue weighted by atomic mass is 35.5. The summed E-state index contributed by atoms with van der Waals surface area (Å²) in [6, 6.07) is 0. The highest BCUT2D eigenvalue weighted by molar-refractivity contribution is 6.56. The summed E-state index contributed by atoms with van der Waals surface area (Å²) in [5.74, 6) is 0.925. The molecule has 0 aromatic rings. The molecule has 0 heterocycles. The first-order valence-corrected chi connectivity index (χ1v) is 5.18. The lowest BCUT2D eigenvalue weighted by atomic mass is 9.96. The maximum Gasteiger partial charge on any atom is 0.103 e. The molecule has 0 rings (SSSR count). The van der Waals surface area contributed by atoms with Gasteiger partial charge in [0.2, 0.25) is 0 Å². The van der Waals surface area contributed by atoms with Crippen LogP contribution >= 0.6 is 58.0 Å². The van der Waals surface area contributed by atoms with Crippen LogP contribution < -0.4 is 0 Å². The lowest BCUT2D eigenvalue weighted by Gasteiger charge is -2.21. The molecule has 66 valence electrons. The van der Waals surface area contributed by atoms with Gasteiger partial charge in [-0.3, -0.25) is 0 Å². The predicted octanol–water partition coefficient (Wildman–Crippen LogP) is 4.01. The Morgan fingerprint density at radius 1 is 1.00 bits per heavy atom. The summed E-state index contributed by atoms with van der Waals surface area (Å²) in [7, 11) is 0. The third-order valence-electron chi connectivity index (χ3n) is 1.21. The summed E-state index contributed by atoms with van der Waals surface area (Å²) in [6.45, 7) is 0. The van der Waals surface area contributed by atoms with E-state index in [0.29, 0.717) is 17.6 Å². The van der Waals surface area contributed by atoms with E-state index in [1.165, 1.54) is 0 Å². The van der Waals surface area contributed by atoms with Gasteiger partial charge in [-0.15, -0.1) is 34.8 Å². The second-order valence-corrected chi connectivity index (χ2v) is 4.01. The zero-order valence-corrected chi connectivity index (χ0v) is 9.37. The molecule has 0 atom stereocenters. The molecule has 0 amide bonds. The van der Waals surface area contributed by atoms with Crippen LogP contribution in [0.2, 0.25) is 0 Å². The van der Waals surface area contributed by atoms with Crippen LogP contribution in [0.25, 0.3) is 0 Å². The van der Waals surface area contributed by atoms with Gasteiger partial charge in [0.1, 0.15) is 4.49 Å². The second-order valence-electron chi connectivity index (χ2n) is 2.20. The average molecular weight is 256 g/mol. The molecule has 0 aliphatic carbocycles. The summed E-state index contributed by atoms with van der Waals surface area (Å²) >= 11 is 27.8. The van der Waals surface area contributed by atoms with Crippen LogP contribution in [-0.2, 0) is 0 Å². The zero-order chi connectivity index (χ0) is 8.91. The van der Waals surface area contributed by atoms with E-state index < -0.39 is 5.41 Å². The first-order valence-electron chi connectivity index (χ1n) is 2.82. The van der Waals surface area contributed by atoms with E-state index >= 15 is 0 Å². The molecule has 0 radical (unpaired) electrons. The minimum Gasteiger partial charge on any atom is -0.126 e. The Labute approximate surface area is 91.4 Å². The van der Waals surface area contributed by atoms with E-state index in [0.717, 1.165) is 0 Å². The Kier molecular flexibility index (Phi) is 6.39. The Hall–Kier alpha value is 1.19. The lowest BCUT2D eigenvalue weighted by Crippen LogP contribution is -2.24. The molecule has 5 heteroatoms. The molecule has 0 bridgehead atoms. The van der Waals surface area contributed by atoms with Crippen LogP contribution in [0.1, 0.15) is 0 Å².